The van der Waals surface area contributed by atoms with Gasteiger partial charge in [-0.1, -0.05) is 6.07 Å². The highest BCUT2D eigenvalue weighted by Crippen LogP contribution is 2.18. The van der Waals surface area contributed by atoms with Gasteiger partial charge in [0.2, 0.25) is 15.9 Å². The van der Waals surface area contributed by atoms with Gasteiger partial charge in [0.15, 0.2) is 0 Å². The molecule has 0 bridgehead atoms. The Morgan fingerprint density at radius 2 is 1.68 bits per heavy atom. The molecule has 0 aromatic heterocycles. The third-order valence-electron chi connectivity index (χ3n) is 4.61. The molecule has 3 rings (SSSR count). The Morgan fingerprint density at radius 1 is 1.04 bits per heavy atom. The Kier molecular flexibility index (Phi) is 6.07. The Bertz CT molecular complexity index is 957. The van der Waals surface area contributed by atoms with E-state index in [2.05, 4.69) is 5.32 Å². The molecule has 1 amide bonds. The van der Waals surface area contributed by atoms with Crippen molar-refractivity contribution in [2.45, 2.75) is 11.8 Å². The molecule has 1 N–H and O–H groups in total. The van der Waals surface area contributed by atoms with Crippen LogP contribution in [0.25, 0.3) is 0 Å². The van der Waals surface area contributed by atoms with Crippen molar-refractivity contribution >= 4 is 21.6 Å². The van der Waals surface area contributed by atoms with Crippen LogP contribution in [0.4, 0.5) is 14.5 Å². The van der Waals surface area contributed by atoms with Crippen LogP contribution in [0.15, 0.2) is 47.4 Å². The molecule has 6 nitrogen and oxygen atoms in total. The minimum Gasteiger partial charge on any atom is -0.325 e. The summed E-state index contributed by atoms with van der Waals surface area (Å²) >= 11 is 0. The van der Waals surface area contributed by atoms with Crippen LogP contribution in [-0.2, 0) is 14.8 Å². The number of sulfonamides is 1. The first-order valence-corrected chi connectivity index (χ1v) is 10.2. The molecule has 0 radical (unpaired) electrons. The lowest BCUT2D eigenvalue weighted by Gasteiger charge is -2.33. The van der Waals surface area contributed by atoms with Crippen molar-refractivity contribution in [1.29, 1.82) is 0 Å². The summed E-state index contributed by atoms with van der Waals surface area (Å²) in [6.45, 7) is 2.95. The number of amides is 1. The van der Waals surface area contributed by atoms with E-state index in [1.165, 1.54) is 22.5 Å². The average molecular weight is 409 g/mol. The first-order valence-electron chi connectivity index (χ1n) is 8.80. The molecular weight excluding hydrogens is 388 g/mol. The number of nitrogens with zero attached hydrogens (tertiary/aromatic N) is 2. The molecule has 2 aromatic carbocycles. The summed E-state index contributed by atoms with van der Waals surface area (Å²) in [6, 6.07) is 9.19. The number of hydrogen-bond acceptors (Lipinski definition) is 4. The molecule has 0 saturated carbocycles. The highest BCUT2D eigenvalue weighted by molar-refractivity contribution is 7.89. The van der Waals surface area contributed by atoms with E-state index in [1.54, 1.807) is 19.1 Å². The van der Waals surface area contributed by atoms with Gasteiger partial charge >= 0.3 is 0 Å². The maximum atomic E-state index is 13.6. The van der Waals surface area contributed by atoms with Crippen molar-refractivity contribution in [3.05, 3.63) is 59.7 Å². The number of carbonyl (C=O) groups is 1. The number of benzene rings is 2. The molecule has 1 aliphatic rings. The van der Waals surface area contributed by atoms with E-state index in [9.17, 15) is 22.0 Å². The monoisotopic (exact) mass is 409 g/mol. The SMILES string of the molecule is Cc1ccc(NC(=O)CN2CCN(S(=O)(=O)c3ccc(F)cc3)CC2)cc1F. The first-order chi connectivity index (χ1) is 13.3. The molecular formula is C19H21F2N3O3S. The third-order valence-corrected chi connectivity index (χ3v) is 6.52. The van der Waals surface area contributed by atoms with Gasteiger partial charge in [-0.3, -0.25) is 9.69 Å². The Morgan fingerprint density at radius 3 is 2.29 bits per heavy atom. The number of rotatable bonds is 5. The summed E-state index contributed by atoms with van der Waals surface area (Å²) in [7, 11) is -3.69. The predicted molar refractivity (Wildman–Crippen MR) is 101 cm³/mol. The fraction of sp³-hybridized carbons (Fsp3) is 0.316. The molecule has 150 valence electrons. The quantitative estimate of drug-likeness (QED) is 0.822. The van der Waals surface area contributed by atoms with E-state index < -0.39 is 21.7 Å². The standard InChI is InChI=1S/C19H21F2N3O3S/c1-14-2-5-16(12-18(14)21)22-19(25)13-23-8-10-24(11-9-23)28(26,27)17-6-3-15(20)4-7-17/h2-7,12H,8-11,13H2,1H3,(H,22,25). The summed E-state index contributed by atoms with van der Waals surface area (Å²) < 4.78 is 53.1. The number of piperazine rings is 1. The summed E-state index contributed by atoms with van der Waals surface area (Å²) in [5.74, 6) is -1.18. The predicted octanol–water partition coefficient (Wildman–Crippen LogP) is 2.22. The van der Waals surface area contributed by atoms with Crippen LogP contribution < -0.4 is 5.32 Å². The van der Waals surface area contributed by atoms with Crippen molar-refractivity contribution < 1.29 is 22.0 Å². The van der Waals surface area contributed by atoms with Gasteiger partial charge < -0.3 is 5.32 Å². The largest absolute Gasteiger partial charge is 0.325 e. The van der Waals surface area contributed by atoms with Crippen molar-refractivity contribution in [2.24, 2.45) is 0 Å². The van der Waals surface area contributed by atoms with Gasteiger partial charge in [0, 0.05) is 31.9 Å². The van der Waals surface area contributed by atoms with Crippen LogP contribution in [-0.4, -0.2) is 56.3 Å². The zero-order valence-electron chi connectivity index (χ0n) is 15.4. The van der Waals surface area contributed by atoms with Gasteiger partial charge in [0.25, 0.3) is 0 Å². The second-order valence-corrected chi connectivity index (χ2v) is 8.58. The van der Waals surface area contributed by atoms with E-state index in [0.29, 0.717) is 24.3 Å². The zero-order chi connectivity index (χ0) is 20.3. The second-order valence-electron chi connectivity index (χ2n) is 6.65. The Hall–Kier alpha value is -2.36. The molecule has 0 aliphatic carbocycles. The molecule has 1 saturated heterocycles. The number of carbonyl (C=O) groups excluding carboxylic acids is 1. The van der Waals surface area contributed by atoms with Crippen LogP contribution >= 0.6 is 0 Å². The van der Waals surface area contributed by atoms with Crippen molar-refractivity contribution in [1.82, 2.24) is 9.21 Å². The minimum absolute atomic E-state index is 0.0430. The van der Waals surface area contributed by atoms with Crippen molar-refractivity contribution in [3.8, 4) is 0 Å². The van der Waals surface area contributed by atoms with Gasteiger partial charge in [0.05, 0.1) is 11.4 Å². The smallest absolute Gasteiger partial charge is 0.243 e. The lowest BCUT2D eigenvalue weighted by atomic mass is 10.2. The zero-order valence-corrected chi connectivity index (χ0v) is 16.2. The molecule has 1 aliphatic heterocycles. The number of nitrogens with one attached hydrogen (secondary N) is 1. The molecule has 0 unspecified atom stereocenters. The van der Waals surface area contributed by atoms with E-state index in [1.807, 2.05) is 4.90 Å². The van der Waals surface area contributed by atoms with Crippen LogP contribution in [0.1, 0.15) is 5.56 Å². The molecule has 0 atom stereocenters. The van der Waals surface area contributed by atoms with Crippen LogP contribution in [0.3, 0.4) is 0 Å². The number of halogens is 2. The molecule has 9 heteroatoms. The van der Waals surface area contributed by atoms with E-state index >= 15 is 0 Å². The fourth-order valence-corrected chi connectivity index (χ4v) is 4.38. The van der Waals surface area contributed by atoms with Gasteiger partial charge in [0.1, 0.15) is 11.6 Å². The Balaban J connectivity index is 1.54. The maximum Gasteiger partial charge on any atom is 0.243 e. The van der Waals surface area contributed by atoms with E-state index in [4.69, 9.17) is 0 Å². The third kappa shape index (κ3) is 4.73. The van der Waals surface area contributed by atoms with Gasteiger partial charge in [-0.15, -0.1) is 0 Å². The summed E-state index contributed by atoms with van der Waals surface area (Å²) in [5, 5.41) is 2.64. The molecule has 1 heterocycles. The van der Waals surface area contributed by atoms with Crippen LogP contribution in [0.5, 0.6) is 0 Å². The van der Waals surface area contributed by atoms with Crippen LogP contribution in [0.2, 0.25) is 0 Å². The first kappa shape index (κ1) is 20.4. The van der Waals surface area contributed by atoms with Crippen molar-refractivity contribution in [2.75, 3.05) is 38.0 Å². The average Bonchev–Trinajstić information content (AvgIpc) is 2.65. The highest BCUT2D eigenvalue weighted by atomic mass is 32.2. The lowest BCUT2D eigenvalue weighted by Crippen LogP contribution is -2.50. The Labute approximate surface area is 162 Å². The summed E-state index contributed by atoms with van der Waals surface area (Å²) in [5.41, 5.74) is 0.877. The fourth-order valence-electron chi connectivity index (χ4n) is 2.96. The minimum atomic E-state index is -3.69. The normalized spacial score (nSPS) is 16.1. The number of anilines is 1. The van der Waals surface area contributed by atoms with E-state index in [-0.39, 0.29) is 30.4 Å². The van der Waals surface area contributed by atoms with E-state index in [0.717, 1.165) is 12.1 Å². The van der Waals surface area contributed by atoms with Crippen LogP contribution in [0, 0.1) is 18.6 Å². The second kappa shape index (κ2) is 8.34. The topological polar surface area (TPSA) is 69.7 Å². The number of aryl methyl sites for hydroxylation is 1. The maximum absolute atomic E-state index is 13.6. The van der Waals surface area contributed by atoms with Gasteiger partial charge in [-0.25, -0.2) is 17.2 Å². The lowest BCUT2D eigenvalue weighted by molar-refractivity contribution is -0.117. The van der Waals surface area contributed by atoms with Crippen molar-refractivity contribution in [3.63, 3.8) is 0 Å². The van der Waals surface area contributed by atoms with Gasteiger partial charge in [-0.2, -0.15) is 4.31 Å². The van der Waals surface area contributed by atoms with Gasteiger partial charge in [-0.05, 0) is 48.9 Å². The highest BCUT2D eigenvalue weighted by Gasteiger charge is 2.29. The molecule has 0 spiro atoms. The summed E-state index contributed by atoms with van der Waals surface area (Å²) in [4.78, 5) is 14.0. The molecule has 28 heavy (non-hydrogen) atoms. The molecule has 2 aromatic rings. The molecule has 1 fully saturated rings. The number of hydrogen-bond donors (Lipinski definition) is 1. The summed E-state index contributed by atoms with van der Waals surface area (Å²) in [6.07, 6.45) is 0.